The number of phenolic OH excluding ortho intramolecular Hbond substituents is 1. The Kier molecular flexibility index (Phi) is 5.45. The maximum Gasteiger partial charge on any atom is 0.243 e. The lowest BCUT2D eigenvalue weighted by Crippen LogP contribution is -2.23. The van der Waals surface area contributed by atoms with Crippen molar-refractivity contribution >= 4 is 5.91 Å². The molecule has 0 heterocycles. The van der Waals surface area contributed by atoms with Gasteiger partial charge in [-0.1, -0.05) is 18.2 Å². The summed E-state index contributed by atoms with van der Waals surface area (Å²) in [7, 11) is 0. The molecule has 4 N–H and O–H groups in total. The summed E-state index contributed by atoms with van der Waals surface area (Å²) in [6.07, 6.45) is 0. The lowest BCUT2D eigenvalue weighted by atomic mass is 10.1. The number of benzene rings is 1. The first-order valence-electron chi connectivity index (χ1n) is 5.45. The van der Waals surface area contributed by atoms with Crippen molar-refractivity contribution in [2.24, 2.45) is 5.73 Å². The summed E-state index contributed by atoms with van der Waals surface area (Å²) >= 11 is 0. The predicted molar refractivity (Wildman–Crippen MR) is 64.6 cm³/mol. The van der Waals surface area contributed by atoms with Crippen LogP contribution in [0.3, 0.4) is 0 Å². The van der Waals surface area contributed by atoms with Gasteiger partial charge in [0.15, 0.2) is 0 Å². The first-order valence-corrected chi connectivity index (χ1v) is 5.45. The molecule has 0 saturated heterocycles. The van der Waals surface area contributed by atoms with Crippen LogP contribution in [0.25, 0.3) is 0 Å². The monoisotopic (exact) mass is 238 g/mol. The minimum atomic E-state index is -0.471. The largest absolute Gasteiger partial charge is 0.507 e. The predicted octanol–water partition coefficient (Wildman–Crippen LogP) is 0.292. The number of hydrogen-bond donors (Lipinski definition) is 3. The van der Waals surface area contributed by atoms with Crippen LogP contribution in [0.2, 0.25) is 0 Å². The number of phenols is 1. The number of amides is 1. The molecule has 17 heavy (non-hydrogen) atoms. The molecule has 5 nitrogen and oxygen atoms in total. The average molecular weight is 238 g/mol. The van der Waals surface area contributed by atoms with Gasteiger partial charge in [-0.2, -0.15) is 0 Å². The number of carbonyl (C=O) groups excluding carboxylic acids is 1. The van der Waals surface area contributed by atoms with E-state index >= 15 is 0 Å². The Labute approximate surface area is 101 Å². The fourth-order valence-corrected chi connectivity index (χ4v) is 1.40. The van der Waals surface area contributed by atoms with E-state index in [1.165, 1.54) is 0 Å². The Morgan fingerprint density at radius 1 is 1.53 bits per heavy atom. The van der Waals surface area contributed by atoms with Crippen LogP contribution in [0.5, 0.6) is 5.75 Å². The summed E-state index contributed by atoms with van der Waals surface area (Å²) in [5, 5.41) is 12.8. The molecule has 0 bridgehead atoms. The Morgan fingerprint density at radius 3 is 3.00 bits per heavy atom. The molecule has 0 radical (unpaired) electrons. The van der Waals surface area contributed by atoms with E-state index in [1.54, 1.807) is 0 Å². The van der Waals surface area contributed by atoms with E-state index in [4.69, 9.17) is 10.5 Å². The van der Waals surface area contributed by atoms with Gasteiger partial charge in [-0.25, -0.2) is 0 Å². The van der Waals surface area contributed by atoms with Crippen molar-refractivity contribution in [1.29, 1.82) is 0 Å². The zero-order valence-electron chi connectivity index (χ0n) is 9.90. The molecule has 0 aliphatic heterocycles. The van der Waals surface area contributed by atoms with Crippen LogP contribution in [-0.2, 0) is 16.1 Å². The summed E-state index contributed by atoms with van der Waals surface area (Å²) in [5.74, 6) is -0.153. The standard InChI is InChI=1S/C12H18N2O3/c1-9-3-2-4-10(12(9)16)7-14-5-6-17-8-11(13)15/h2-4,14,16H,5-8H2,1H3,(H2,13,15). The quantitative estimate of drug-likeness (QED) is 0.596. The second-order valence-corrected chi connectivity index (χ2v) is 3.78. The van der Waals surface area contributed by atoms with Gasteiger partial charge >= 0.3 is 0 Å². The van der Waals surface area contributed by atoms with Gasteiger partial charge in [-0.05, 0) is 12.5 Å². The number of nitrogens with one attached hydrogen (secondary N) is 1. The third-order valence-electron chi connectivity index (χ3n) is 2.30. The first-order chi connectivity index (χ1) is 8.11. The van der Waals surface area contributed by atoms with Gasteiger partial charge in [0.2, 0.25) is 5.91 Å². The van der Waals surface area contributed by atoms with Crippen LogP contribution in [0.15, 0.2) is 18.2 Å². The van der Waals surface area contributed by atoms with Crippen molar-refractivity contribution < 1.29 is 14.6 Å². The highest BCUT2D eigenvalue weighted by molar-refractivity contribution is 5.74. The SMILES string of the molecule is Cc1cccc(CNCCOCC(N)=O)c1O. The topological polar surface area (TPSA) is 84.6 Å². The van der Waals surface area contributed by atoms with Crippen LogP contribution in [-0.4, -0.2) is 30.8 Å². The third-order valence-corrected chi connectivity index (χ3v) is 2.30. The molecule has 1 rings (SSSR count). The lowest BCUT2D eigenvalue weighted by molar-refractivity contribution is -0.122. The maximum atomic E-state index is 10.4. The summed E-state index contributed by atoms with van der Waals surface area (Å²) in [4.78, 5) is 10.4. The van der Waals surface area contributed by atoms with Crippen LogP contribution in [0.1, 0.15) is 11.1 Å². The van der Waals surface area contributed by atoms with Crippen molar-refractivity contribution in [1.82, 2.24) is 5.32 Å². The Morgan fingerprint density at radius 2 is 2.29 bits per heavy atom. The summed E-state index contributed by atoms with van der Waals surface area (Å²) in [6.45, 7) is 3.37. The highest BCUT2D eigenvalue weighted by Gasteiger charge is 2.02. The molecule has 5 heteroatoms. The number of aryl methyl sites for hydroxylation is 1. The number of primary amides is 1. The maximum absolute atomic E-state index is 10.4. The number of aromatic hydroxyl groups is 1. The van der Waals surface area contributed by atoms with Gasteiger partial charge in [-0.15, -0.1) is 0 Å². The Bertz CT molecular complexity index is 380. The van der Waals surface area contributed by atoms with Crippen molar-refractivity contribution in [3.63, 3.8) is 0 Å². The fraction of sp³-hybridized carbons (Fsp3) is 0.417. The van der Waals surface area contributed by atoms with Gasteiger partial charge in [0, 0.05) is 18.7 Å². The van der Waals surface area contributed by atoms with Crippen LogP contribution in [0, 0.1) is 6.92 Å². The van der Waals surface area contributed by atoms with Gasteiger partial charge in [0.1, 0.15) is 12.4 Å². The molecule has 0 fully saturated rings. The van der Waals surface area contributed by atoms with E-state index in [2.05, 4.69) is 5.32 Å². The smallest absolute Gasteiger partial charge is 0.243 e. The molecular weight excluding hydrogens is 220 g/mol. The van der Waals surface area contributed by atoms with Gasteiger partial charge in [-0.3, -0.25) is 4.79 Å². The molecular formula is C12H18N2O3. The van der Waals surface area contributed by atoms with Crippen molar-refractivity contribution in [2.75, 3.05) is 19.8 Å². The second kappa shape index (κ2) is 6.88. The molecule has 94 valence electrons. The normalized spacial score (nSPS) is 10.4. The highest BCUT2D eigenvalue weighted by atomic mass is 16.5. The summed E-state index contributed by atoms with van der Waals surface area (Å²) in [6, 6.07) is 5.62. The van der Waals surface area contributed by atoms with E-state index in [0.29, 0.717) is 25.4 Å². The van der Waals surface area contributed by atoms with E-state index in [-0.39, 0.29) is 6.61 Å². The summed E-state index contributed by atoms with van der Waals surface area (Å²) < 4.78 is 4.99. The molecule has 0 aromatic heterocycles. The third kappa shape index (κ3) is 4.84. The molecule has 0 spiro atoms. The molecule has 0 atom stereocenters. The second-order valence-electron chi connectivity index (χ2n) is 3.78. The van der Waals surface area contributed by atoms with E-state index in [1.807, 2.05) is 25.1 Å². The molecule has 1 aromatic carbocycles. The lowest BCUT2D eigenvalue weighted by Gasteiger charge is -2.08. The van der Waals surface area contributed by atoms with Crippen LogP contribution < -0.4 is 11.1 Å². The highest BCUT2D eigenvalue weighted by Crippen LogP contribution is 2.20. The first kappa shape index (κ1) is 13.5. The van der Waals surface area contributed by atoms with E-state index < -0.39 is 5.91 Å². The van der Waals surface area contributed by atoms with Gasteiger partial charge < -0.3 is 20.9 Å². The Hall–Kier alpha value is -1.59. The van der Waals surface area contributed by atoms with Crippen molar-refractivity contribution in [3.05, 3.63) is 29.3 Å². The van der Waals surface area contributed by atoms with E-state index in [9.17, 15) is 9.90 Å². The molecule has 0 aliphatic carbocycles. The zero-order chi connectivity index (χ0) is 12.7. The fourth-order valence-electron chi connectivity index (χ4n) is 1.40. The zero-order valence-corrected chi connectivity index (χ0v) is 9.90. The molecule has 1 aromatic rings. The van der Waals surface area contributed by atoms with Gasteiger partial charge in [0.25, 0.3) is 0 Å². The number of carbonyl (C=O) groups is 1. The van der Waals surface area contributed by atoms with Crippen molar-refractivity contribution in [2.45, 2.75) is 13.5 Å². The number of hydrogen-bond acceptors (Lipinski definition) is 4. The number of para-hydroxylation sites is 1. The minimum Gasteiger partial charge on any atom is -0.507 e. The van der Waals surface area contributed by atoms with Gasteiger partial charge in [0.05, 0.1) is 6.61 Å². The van der Waals surface area contributed by atoms with Crippen molar-refractivity contribution in [3.8, 4) is 5.75 Å². The van der Waals surface area contributed by atoms with E-state index in [0.717, 1.165) is 11.1 Å². The Balaban J connectivity index is 2.22. The molecule has 0 unspecified atom stereocenters. The number of ether oxygens (including phenoxy) is 1. The molecule has 0 saturated carbocycles. The molecule has 0 aliphatic rings. The van der Waals surface area contributed by atoms with Crippen LogP contribution in [0.4, 0.5) is 0 Å². The minimum absolute atomic E-state index is 0.0582. The average Bonchev–Trinajstić information content (AvgIpc) is 2.28. The molecule has 1 amide bonds. The van der Waals surface area contributed by atoms with Crippen LogP contribution >= 0.6 is 0 Å². The number of nitrogens with two attached hydrogens (primary N) is 1. The number of rotatable bonds is 7. The summed E-state index contributed by atoms with van der Waals surface area (Å²) in [5.41, 5.74) is 6.62.